The lowest BCUT2D eigenvalue weighted by molar-refractivity contribution is -0.385. The van der Waals surface area contributed by atoms with E-state index in [9.17, 15) is 28.1 Å². The number of nitrogens with zero attached hydrogens (tertiary/aromatic N) is 3. The molecule has 3 rings (SSSR count). The summed E-state index contributed by atoms with van der Waals surface area (Å²) in [5, 5.41) is 10.7. The van der Waals surface area contributed by atoms with Gasteiger partial charge in [-0.05, 0) is 6.07 Å². The van der Waals surface area contributed by atoms with E-state index in [0.717, 1.165) is 24.5 Å². The summed E-state index contributed by atoms with van der Waals surface area (Å²) in [6.07, 6.45) is 0.866. The SMILES string of the molecule is O=c1[nH]c(=O)c2ncn(OS(=O)(=O)c3cccc([N+](=O)[O-])c3)c2[nH]1. The molecule has 2 aromatic heterocycles. The monoisotopic (exact) mass is 353 g/mol. The van der Waals surface area contributed by atoms with E-state index < -0.39 is 36.9 Å². The third-order valence-electron chi connectivity index (χ3n) is 2.91. The number of imidazole rings is 1. The fraction of sp³-hybridized carbons (Fsp3) is 0. The van der Waals surface area contributed by atoms with Gasteiger partial charge in [-0.1, -0.05) is 6.07 Å². The summed E-state index contributed by atoms with van der Waals surface area (Å²) in [5.41, 5.74) is -2.68. The van der Waals surface area contributed by atoms with Crippen LogP contribution in [0.15, 0.2) is 45.1 Å². The highest BCUT2D eigenvalue weighted by molar-refractivity contribution is 7.87. The lowest BCUT2D eigenvalue weighted by Gasteiger charge is -2.06. The third-order valence-corrected chi connectivity index (χ3v) is 4.09. The number of nitrogens with one attached hydrogen (secondary N) is 2. The Hall–Kier alpha value is -3.48. The second-order valence-electron chi connectivity index (χ2n) is 4.46. The predicted octanol–water partition coefficient (Wildman–Crippen LogP) is -0.861. The number of aromatic amines is 2. The molecule has 3 aromatic rings. The molecule has 0 aliphatic rings. The van der Waals surface area contributed by atoms with Crippen LogP contribution < -0.4 is 15.5 Å². The quantitative estimate of drug-likeness (QED) is 0.450. The summed E-state index contributed by atoms with van der Waals surface area (Å²) >= 11 is 0. The van der Waals surface area contributed by atoms with Crippen molar-refractivity contribution in [2.75, 3.05) is 0 Å². The molecule has 0 aliphatic carbocycles. The minimum Gasteiger partial charge on any atom is -0.289 e. The van der Waals surface area contributed by atoms with Gasteiger partial charge in [0.2, 0.25) is 0 Å². The molecule has 0 amide bonds. The van der Waals surface area contributed by atoms with E-state index in [1.165, 1.54) is 6.07 Å². The van der Waals surface area contributed by atoms with Crippen LogP contribution in [-0.2, 0) is 10.1 Å². The van der Waals surface area contributed by atoms with Crippen LogP contribution in [0.25, 0.3) is 11.2 Å². The van der Waals surface area contributed by atoms with Crippen LogP contribution in [0.3, 0.4) is 0 Å². The van der Waals surface area contributed by atoms with Crippen LogP contribution in [0.2, 0.25) is 0 Å². The van der Waals surface area contributed by atoms with Gasteiger partial charge in [0, 0.05) is 12.1 Å². The van der Waals surface area contributed by atoms with Gasteiger partial charge in [0.1, 0.15) is 11.2 Å². The van der Waals surface area contributed by atoms with Crippen molar-refractivity contribution in [1.29, 1.82) is 0 Å². The van der Waals surface area contributed by atoms with E-state index >= 15 is 0 Å². The van der Waals surface area contributed by atoms with Crippen molar-refractivity contribution in [3.05, 3.63) is 61.5 Å². The number of fused-ring (bicyclic) bond motifs is 1. The maximum atomic E-state index is 12.2. The Balaban J connectivity index is 2.08. The van der Waals surface area contributed by atoms with Crippen LogP contribution in [0, 0.1) is 10.1 Å². The maximum Gasteiger partial charge on any atom is 0.357 e. The number of nitro benzene ring substituents is 1. The van der Waals surface area contributed by atoms with Crippen molar-refractivity contribution in [2.45, 2.75) is 4.90 Å². The number of nitro groups is 1. The zero-order valence-corrected chi connectivity index (χ0v) is 12.3. The van der Waals surface area contributed by atoms with E-state index in [1.807, 2.05) is 4.98 Å². The molecular formula is C11H7N5O7S. The van der Waals surface area contributed by atoms with Crippen molar-refractivity contribution in [2.24, 2.45) is 0 Å². The van der Waals surface area contributed by atoms with Gasteiger partial charge in [-0.2, -0.15) is 8.42 Å². The molecule has 124 valence electrons. The number of aromatic nitrogens is 4. The van der Waals surface area contributed by atoms with Crippen molar-refractivity contribution < 1.29 is 17.6 Å². The van der Waals surface area contributed by atoms with E-state index in [2.05, 4.69) is 9.97 Å². The van der Waals surface area contributed by atoms with E-state index in [0.29, 0.717) is 4.73 Å². The van der Waals surface area contributed by atoms with Gasteiger partial charge in [-0.25, -0.2) is 9.78 Å². The molecule has 0 unspecified atom stereocenters. The number of hydrogen-bond donors (Lipinski definition) is 2. The molecule has 2 N–H and O–H groups in total. The lowest BCUT2D eigenvalue weighted by Crippen LogP contribution is -2.25. The zero-order valence-electron chi connectivity index (χ0n) is 11.5. The Morgan fingerprint density at radius 1 is 1.25 bits per heavy atom. The molecule has 0 atom stereocenters. The van der Waals surface area contributed by atoms with Crippen molar-refractivity contribution in [3.63, 3.8) is 0 Å². The first kappa shape index (κ1) is 15.4. The Kier molecular flexibility index (Phi) is 3.41. The van der Waals surface area contributed by atoms with Crippen LogP contribution >= 0.6 is 0 Å². The first-order valence-corrected chi connectivity index (χ1v) is 7.58. The first-order chi connectivity index (χ1) is 11.3. The van der Waals surface area contributed by atoms with E-state index in [4.69, 9.17) is 4.28 Å². The molecule has 0 spiro atoms. The molecule has 0 saturated carbocycles. The molecular weight excluding hydrogens is 346 g/mol. The second kappa shape index (κ2) is 5.31. The van der Waals surface area contributed by atoms with Crippen LogP contribution in [0.4, 0.5) is 5.69 Å². The van der Waals surface area contributed by atoms with Crippen molar-refractivity contribution in [3.8, 4) is 0 Å². The molecule has 13 heteroatoms. The Labute approximate surface area is 131 Å². The largest absolute Gasteiger partial charge is 0.357 e. The minimum absolute atomic E-state index is 0.246. The number of benzene rings is 1. The summed E-state index contributed by atoms with van der Waals surface area (Å²) < 4.78 is 29.8. The van der Waals surface area contributed by atoms with E-state index in [-0.39, 0.29) is 11.2 Å². The highest BCUT2D eigenvalue weighted by atomic mass is 32.2. The number of rotatable bonds is 4. The van der Waals surface area contributed by atoms with Crippen LogP contribution in [-0.4, -0.2) is 33.0 Å². The molecule has 0 fully saturated rings. The molecule has 24 heavy (non-hydrogen) atoms. The number of hydrogen-bond acceptors (Lipinski definition) is 8. The second-order valence-corrected chi connectivity index (χ2v) is 5.99. The molecule has 1 aromatic carbocycles. The predicted molar refractivity (Wildman–Crippen MR) is 77.8 cm³/mol. The normalized spacial score (nSPS) is 11.5. The topological polar surface area (TPSA) is 170 Å². The van der Waals surface area contributed by atoms with Gasteiger partial charge in [0.15, 0.2) is 11.2 Å². The van der Waals surface area contributed by atoms with Gasteiger partial charge in [0.25, 0.3) is 11.2 Å². The summed E-state index contributed by atoms with van der Waals surface area (Å²) in [5.74, 6) is 0. The van der Waals surface area contributed by atoms with Crippen LogP contribution in [0.5, 0.6) is 0 Å². The average molecular weight is 353 g/mol. The summed E-state index contributed by atoms with van der Waals surface area (Å²) in [7, 11) is -4.47. The first-order valence-electron chi connectivity index (χ1n) is 6.17. The maximum absolute atomic E-state index is 12.2. The molecule has 0 saturated heterocycles. The summed E-state index contributed by atoms with van der Waals surface area (Å²) in [6, 6.07) is 4.19. The molecule has 0 radical (unpaired) electrons. The van der Waals surface area contributed by atoms with Gasteiger partial charge in [0.05, 0.1) is 4.92 Å². The fourth-order valence-electron chi connectivity index (χ4n) is 1.87. The number of non-ortho nitro benzene ring substituents is 1. The zero-order chi connectivity index (χ0) is 17.5. The fourth-order valence-corrected chi connectivity index (χ4v) is 2.79. The van der Waals surface area contributed by atoms with Gasteiger partial charge < -0.3 is 0 Å². The summed E-state index contributed by atoms with van der Waals surface area (Å²) in [6.45, 7) is 0. The van der Waals surface area contributed by atoms with Crippen molar-refractivity contribution in [1.82, 2.24) is 19.7 Å². The Morgan fingerprint density at radius 3 is 2.71 bits per heavy atom. The van der Waals surface area contributed by atoms with Crippen molar-refractivity contribution >= 4 is 27.0 Å². The van der Waals surface area contributed by atoms with Gasteiger partial charge in [-0.15, -0.1) is 4.73 Å². The van der Waals surface area contributed by atoms with E-state index in [1.54, 1.807) is 0 Å². The van der Waals surface area contributed by atoms with Crippen LogP contribution in [0.1, 0.15) is 0 Å². The summed E-state index contributed by atoms with van der Waals surface area (Å²) in [4.78, 5) is 40.0. The standard InChI is InChI=1S/C11H7N5O7S/c17-10-8-9(13-11(18)14-10)15(5-12-8)23-24(21,22)7-3-1-2-6(4-7)16(19)20/h1-5H,(H2,13,14,17,18). The minimum atomic E-state index is -4.47. The average Bonchev–Trinajstić information content (AvgIpc) is 2.90. The molecule has 0 bridgehead atoms. The molecule has 12 nitrogen and oxygen atoms in total. The molecule has 2 heterocycles. The third kappa shape index (κ3) is 2.63. The Bertz CT molecular complexity index is 1170. The number of H-pyrrole nitrogens is 2. The highest BCUT2D eigenvalue weighted by Gasteiger charge is 2.22. The molecule has 0 aliphatic heterocycles. The Morgan fingerprint density at radius 2 is 2.00 bits per heavy atom. The van der Waals surface area contributed by atoms with Gasteiger partial charge >= 0.3 is 15.8 Å². The highest BCUT2D eigenvalue weighted by Crippen LogP contribution is 2.18. The smallest absolute Gasteiger partial charge is 0.289 e. The van der Waals surface area contributed by atoms with Gasteiger partial charge in [-0.3, -0.25) is 29.2 Å². The lowest BCUT2D eigenvalue weighted by atomic mass is 10.3.